The van der Waals surface area contributed by atoms with Gasteiger partial charge in [0.1, 0.15) is 0 Å². The molecular weight excluding hydrogens is 190 g/mol. The van der Waals surface area contributed by atoms with Crippen LogP contribution in [0.3, 0.4) is 0 Å². The summed E-state index contributed by atoms with van der Waals surface area (Å²) in [5.74, 6) is 0. The van der Waals surface area contributed by atoms with Gasteiger partial charge < -0.3 is 14.8 Å². The maximum Gasteiger partial charge on any atom is 0.0697 e. The van der Waals surface area contributed by atoms with Crippen molar-refractivity contribution >= 4 is 0 Å². The minimum absolute atomic E-state index is 0.239. The van der Waals surface area contributed by atoms with Crippen LogP contribution in [-0.2, 0) is 9.47 Å². The standard InChI is InChI=1S/C12H23NO2/c1-14-9-7-13-11-4-8-15-12(10-11)5-2-3-6-12/h11,13H,2-10H2,1H3/t11-/m0/s1. The van der Waals surface area contributed by atoms with Crippen molar-refractivity contribution in [1.82, 2.24) is 5.32 Å². The van der Waals surface area contributed by atoms with Crippen LogP contribution in [0.4, 0.5) is 0 Å². The molecule has 1 saturated heterocycles. The Morgan fingerprint density at radius 1 is 1.40 bits per heavy atom. The highest BCUT2D eigenvalue weighted by atomic mass is 16.5. The monoisotopic (exact) mass is 213 g/mol. The highest BCUT2D eigenvalue weighted by molar-refractivity contribution is 4.93. The molecule has 1 saturated carbocycles. The average Bonchev–Trinajstić information content (AvgIpc) is 2.67. The summed E-state index contributed by atoms with van der Waals surface area (Å²) in [7, 11) is 1.75. The third-order valence-electron chi connectivity index (χ3n) is 3.75. The lowest BCUT2D eigenvalue weighted by molar-refractivity contribution is -0.0838. The van der Waals surface area contributed by atoms with Gasteiger partial charge in [0.25, 0.3) is 0 Å². The normalized spacial score (nSPS) is 29.8. The molecule has 1 spiro atoms. The first-order chi connectivity index (χ1) is 7.35. The summed E-state index contributed by atoms with van der Waals surface area (Å²) in [6, 6.07) is 0.645. The Bertz CT molecular complexity index is 190. The summed E-state index contributed by atoms with van der Waals surface area (Å²) < 4.78 is 11.0. The smallest absolute Gasteiger partial charge is 0.0697 e. The molecule has 3 heteroatoms. The lowest BCUT2D eigenvalue weighted by Gasteiger charge is -2.38. The van der Waals surface area contributed by atoms with Gasteiger partial charge >= 0.3 is 0 Å². The topological polar surface area (TPSA) is 30.5 Å². The quantitative estimate of drug-likeness (QED) is 0.721. The second kappa shape index (κ2) is 5.28. The van der Waals surface area contributed by atoms with E-state index in [4.69, 9.17) is 9.47 Å². The van der Waals surface area contributed by atoms with Crippen LogP contribution in [-0.4, -0.2) is 38.5 Å². The molecule has 2 aliphatic rings. The molecule has 0 amide bonds. The lowest BCUT2D eigenvalue weighted by atomic mass is 9.89. The van der Waals surface area contributed by atoms with Gasteiger partial charge in [-0.3, -0.25) is 0 Å². The Hall–Kier alpha value is -0.120. The first-order valence-corrected chi connectivity index (χ1v) is 6.21. The number of hydrogen-bond acceptors (Lipinski definition) is 3. The Labute approximate surface area is 92.5 Å². The Morgan fingerprint density at radius 3 is 2.93 bits per heavy atom. The molecule has 0 radical (unpaired) electrons. The molecule has 88 valence electrons. The van der Waals surface area contributed by atoms with E-state index in [1.54, 1.807) is 7.11 Å². The zero-order valence-electron chi connectivity index (χ0n) is 9.76. The Kier molecular flexibility index (Phi) is 4.00. The van der Waals surface area contributed by atoms with E-state index in [0.717, 1.165) is 26.2 Å². The number of methoxy groups -OCH3 is 1. The third-order valence-corrected chi connectivity index (χ3v) is 3.75. The minimum atomic E-state index is 0.239. The largest absolute Gasteiger partial charge is 0.383 e. The summed E-state index contributed by atoms with van der Waals surface area (Å²) >= 11 is 0. The predicted octanol–water partition coefficient (Wildman–Crippen LogP) is 1.71. The van der Waals surface area contributed by atoms with Crippen molar-refractivity contribution in [2.45, 2.75) is 50.2 Å². The summed E-state index contributed by atoms with van der Waals surface area (Å²) in [4.78, 5) is 0. The van der Waals surface area contributed by atoms with Crippen LogP contribution in [0.1, 0.15) is 38.5 Å². The second-order valence-electron chi connectivity index (χ2n) is 4.88. The van der Waals surface area contributed by atoms with Gasteiger partial charge in [-0.05, 0) is 25.7 Å². The van der Waals surface area contributed by atoms with E-state index >= 15 is 0 Å². The van der Waals surface area contributed by atoms with Crippen LogP contribution < -0.4 is 5.32 Å². The van der Waals surface area contributed by atoms with Crippen LogP contribution in [0.25, 0.3) is 0 Å². The molecule has 0 unspecified atom stereocenters. The van der Waals surface area contributed by atoms with Crippen LogP contribution in [0, 0.1) is 0 Å². The second-order valence-corrected chi connectivity index (χ2v) is 4.88. The average molecular weight is 213 g/mol. The van der Waals surface area contributed by atoms with E-state index in [1.807, 2.05) is 0 Å². The maximum absolute atomic E-state index is 5.99. The molecule has 2 rings (SSSR count). The van der Waals surface area contributed by atoms with E-state index in [1.165, 1.54) is 32.1 Å². The van der Waals surface area contributed by atoms with Gasteiger partial charge in [-0.25, -0.2) is 0 Å². The maximum atomic E-state index is 5.99. The number of ether oxygens (including phenoxy) is 2. The van der Waals surface area contributed by atoms with Crippen molar-refractivity contribution in [3.05, 3.63) is 0 Å². The Balaban J connectivity index is 1.76. The van der Waals surface area contributed by atoms with Gasteiger partial charge in [-0.2, -0.15) is 0 Å². The molecule has 0 aromatic rings. The third kappa shape index (κ3) is 2.92. The molecule has 1 aliphatic heterocycles. The van der Waals surface area contributed by atoms with Crippen molar-refractivity contribution in [2.24, 2.45) is 0 Å². The predicted molar refractivity (Wildman–Crippen MR) is 60.1 cm³/mol. The highest BCUT2D eigenvalue weighted by Crippen LogP contribution is 2.39. The minimum Gasteiger partial charge on any atom is -0.383 e. The van der Waals surface area contributed by atoms with Crippen LogP contribution >= 0.6 is 0 Å². The van der Waals surface area contributed by atoms with E-state index in [9.17, 15) is 0 Å². The molecule has 1 N–H and O–H groups in total. The number of hydrogen-bond donors (Lipinski definition) is 1. The van der Waals surface area contributed by atoms with Crippen molar-refractivity contribution in [1.29, 1.82) is 0 Å². The van der Waals surface area contributed by atoms with Gasteiger partial charge in [-0.1, -0.05) is 12.8 Å². The molecule has 1 atom stereocenters. The fourth-order valence-corrected chi connectivity index (χ4v) is 2.93. The molecule has 0 aromatic carbocycles. The molecular formula is C12H23NO2. The van der Waals surface area contributed by atoms with E-state index in [2.05, 4.69) is 5.32 Å². The first kappa shape index (κ1) is 11.4. The molecule has 15 heavy (non-hydrogen) atoms. The molecule has 0 bridgehead atoms. The van der Waals surface area contributed by atoms with Crippen molar-refractivity contribution in [2.75, 3.05) is 26.9 Å². The SMILES string of the molecule is COCCN[C@H]1CCOC2(CCCC2)C1. The highest BCUT2D eigenvalue weighted by Gasteiger charge is 2.39. The van der Waals surface area contributed by atoms with Crippen LogP contribution in [0.15, 0.2) is 0 Å². The fraction of sp³-hybridized carbons (Fsp3) is 1.00. The number of nitrogens with one attached hydrogen (secondary N) is 1. The molecule has 0 aromatic heterocycles. The van der Waals surface area contributed by atoms with Crippen LogP contribution in [0.5, 0.6) is 0 Å². The van der Waals surface area contributed by atoms with Gasteiger partial charge in [0.05, 0.1) is 12.2 Å². The molecule has 1 heterocycles. The number of rotatable bonds is 4. The fourth-order valence-electron chi connectivity index (χ4n) is 2.93. The van der Waals surface area contributed by atoms with Crippen molar-refractivity contribution < 1.29 is 9.47 Å². The van der Waals surface area contributed by atoms with Crippen LogP contribution in [0.2, 0.25) is 0 Å². The van der Waals surface area contributed by atoms with Crippen molar-refractivity contribution in [3.63, 3.8) is 0 Å². The van der Waals surface area contributed by atoms with E-state index in [0.29, 0.717) is 6.04 Å². The first-order valence-electron chi connectivity index (χ1n) is 6.21. The zero-order valence-corrected chi connectivity index (χ0v) is 9.76. The molecule has 2 fully saturated rings. The Morgan fingerprint density at radius 2 is 2.20 bits per heavy atom. The van der Waals surface area contributed by atoms with Crippen molar-refractivity contribution in [3.8, 4) is 0 Å². The van der Waals surface area contributed by atoms with E-state index < -0.39 is 0 Å². The lowest BCUT2D eigenvalue weighted by Crippen LogP contribution is -2.46. The van der Waals surface area contributed by atoms with E-state index in [-0.39, 0.29) is 5.60 Å². The summed E-state index contributed by atoms with van der Waals surface area (Å²) in [5, 5.41) is 3.57. The van der Waals surface area contributed by atoms with Gasteiger partial charge in [0, 0.05) is 26.3 Å². The van der Waals surface area contributed by atoms with Gasteiger partial charge in [0.15, 0.2) is 0 Å². The summed E-state index contributed by atoms with van der Waals surface area (Å²) in [6.07, 6.45) is 7.61. The summed E-state index contributed by atoms with van der Waals surface area (Å²) in [5.41, 5.74) is 0.239. The molecule has 1 aliphatic carbocycles. The van der Waals surface area contributed by atoms with Gasteiger partial charge in [0.2, 0.25) is 0 Å². The summed E-state index contributed by atoms with van der Waals surface area (Å²) in [6.45, 7) is 2.71. The van der Waals surface area contributed by atoms with Gasteiger partial charge in [-0.15, -0.1) is 0 Å². The molecule has 3 nitrogen and oxygen atoms in total. The zero-order chi connectivity index (χ0) is 10.6.